The molecule has 1 nitrogen and oxygen atoms in total. The van der Waals surface area contributed by atoms with Crippen molar-refractivity contribution in [3.8, 4) is 0 Å². The highest BCUT2D eigenvalue weighted by Gasteiger charge is 2.03. The summed E-state index contributed by atoms with van der Waals surface area (Å²) in [6, 6.07) is 19.7. The van der Waals surface area contributed by atoms with Gasteiger partial charge in [-0.2, -0.15) is 0 Å². The Hall–Kier alpha value is -1.60. The minimum atomic E-state index is 0.611. The first-order chi connectivity index (χ1) is 9.65. The lowest BCUT2D eigenvalue weighted by molar-refractivity contribution is 0.331. The lowest BCUT2D eigenvalue weighted by atomic mass is 10.0. The molecule has 0 spiro atoms. The molecule has 0 aliphatic carbocycles. The molecule has 0 aliphatic heterocycles. The molecule has 0 aromatic heterocycles. The lowest BCUT2D eigenvalue weighted by Gasteiger charge is -2.17. The van der Waals surface area contributed by atoms with Crippen molar-refractivity contribution in [1.82, 2.24) is 4.90 Å². The van der Waals surface area contributed by atoms with Crippen LogP contribution < -0.4 is 0 Å². The average molecular weight is 267 g/mol. The molecular weight excluding hydrogens is 242 g/mol. The summed E-state index contributed by atoms with van der Waals surface area (Å²) in [5, 5.41) is 0. The molecule has 0 saturated carbocycles. The summed E-state index contributed by atoms with van der Waals surface area (Å²) in [5.74, 6) is 0.611. The van der Waals surface area contributed by atoms with Crippen LogP contribution in [0.5, 0.6) is 0 Å². The zero-order valence-electron chi connectivity index (χ0n) is 12.8. The Balaban J connectivity index is 1.83. The Morgan fingerprint density at radius 2 is 1.50 bits per heavy atom. The normalized spacial score (nSPS) is 11.2. The maximum atomic E-state index is 2.39. The summed E-state index contributed by atoms with van der Waals surface area (Å²) in [4.78, 5) is 2.39. The number of rotatable bonds is 6. The molecule has 0 fully saturated rings. The average Bonchev–Trinajstić information content (AvgIpc) is 2.47. The van der Waals surface area contributed by atoms with Gasteiger partial charge < -0.3 is 4.90 Å². The van der Waals surface area contributed by atoms with Gasteiger partial charge in [0.2, 0.25) is 0 Å². The van der Waals surface area contributed by atoms with Crippen LogP contribution in [-0.2, 0) is 13.0 Å². The quantitative estimate of drug-likeness (QED) is 0.745. The van der Waals surface area contributed by atoms with Gasteiger partial charge in [0.1, 0.15) is 0 Å². The van der Waals surface area contributed by atoms with Crippen molar-refractivity contribution in [3.05, 3.63) is 71.3 Å². The van der Waals surface area contributed by atoms with Crippen molar-refractivity contribution in [1.29, 1.82) is 0 Å². The number of hydrogen-bond acceptors (Lipinski definition) is 1. The predicted molar refractivity (Wildman–Crippen MR) is 87.0 cm³/mol. The van der Waals surface area contributed by atoms with Crippen LogP contribution in [0.3, 0.4) is 0 Å². The first-order valence-corrected chi connectivity index (χ1v) is 7.46. The van der Waals surface area contributed by atoms with Crippen LogP contribution in [0.25, 0.3) is 0 Å². The number of benzene rings is 2. The van der Waals surface area contributed by atoms with Crippen molar-refractivity contribution in [3.63, 3.8) is 0 Å². The molecule has 2 aromatic carbocycles. The van der Waals surface area contributed by atoms with E-state index in [1.165, 1.54) is 16.7 Å². The Bertz CT molecular complexity index is 499. The summed E-state index contributed by atoms with van der Waals surface area (Å²) >= 11 is 0. The zero-order valence-corrected chi connectivity index (χ0v) is 12.8. The van der Waals surface area contributed by atoms with Gasteiger partial charge in [-0.05, 0) is 36.1 Å². The van der Waals surface area contributed by atoms with Gasteiger partial charge in [-0.15, -0.1) is 0 Å². The summed E-state index contributed by atoms with van der Waals surface area (Å²) in [6.07, 6.45) is 1.11. The largest absolute Gasteiger partial charge is 0.302 e. The lowest BCUT2D eigenvalue weighted by Crippen LogP contribution is -2.20. The van der Waals surface area contributed by atoms with Crippen molar-refractivity contribution < 1.29 is 0 Å². The van der Waals surface area contributed by atoms with Gasteiger partial charge in [0.25, 0.3) is 0 Å². The number of hydrogen-bond donors (Lipinski definition) is 0. The van der Waals surface area contributed by atoms with E-state index in [1.54, 1.807) is 0 Å². The monoisotopic (exact) mass is 267 g/mol. The third kappa shape index (κ3) is 4.50. The van der Waals surface area contributed by atoms with E-state index < -0.39 is 0 Å². The van der Waals surface area contributed by atoms with E-state index in [0.717, 1.165) is 19.5 Å². The van der Waals surface area contributed by atoms with Crippen LogP contribution in [0.15, 0.2) is 54.6 Å². The second kappa shape index (κ2) is 7.25. The standard InChI is InChI=1S/C19H25N/c1-16(2)19-11-9-18(10-12-19)15-20(3)14-13-17-7-5-4-6-8-17/h4-12,16H,13-15H2,1-3H3. The first kappa shape index (κ1) is 14.8. The topological polar surface area (TPSA) is 3.24 Å². The molecule has 0 heterocycles. The van der Waals surface area contributed by atoms with E-state index in [0.29, 0.717) is 5.92 Å². The second-order valence-electron chi connectivity index (χ2n) is 5.87. The Labute approximate surface area is 123 Å². The van der Waals surface area contributed by atoms with Gasteiger partial charge in [0, 0.05) is 13.1 Å². The van der Waals surface area contributed by atoms with E-state index >= 15 is 0 Å². The predicted octanol–water partition coefficient (Wildman–Crippen LogP) is 4.48. The van der Waals surface area contributed by atoms with E-state index in [2.05, 4.69) is 80.4 Å². The smallest absolute Gasteiger partial charge is 0.0230 e. The first-order valence-electron chi connectivity index (χ1n) is 7.46. The number of nitrogens with zero attached hydrogens (tertiary/aromatic N) is 1. The summed E-state index contributed by atoms with van der Waals surface area (Å²) in [6.45, 7) is 6.59. The van der Waals surface area contributed by atoms with E-state index in [-0.39, 0.29) is 0 Å². The molecule has 0 bridgehead atoms. The van der Waals surface area contributed by atoms with Gasteiger partial charge in [-0.1, -0.05) is 68.4 Å². The van der Waals surface area contributed by atoms with Crippen LogP contribution in [0.4, 0.5) is 0 Å². The molecular formula is C19H25N. The van der Waals surface area contributed by atoms with Crippen LogP contribution in [0.1, 0.15) is 36.5 Å². The highest BCUT2D eigenvalue weighted by molar-refractivity contribution is 5.24. The molecule has 0 N–H and O–H groups in total. The van der Waals surface area contributed by atoms with Gasteiger partial charge in [-0.3, -0.25) is 0 Å². The van der Waals surface area contributed by atoms with Crippen LogP contribution in [0, 0.1) is 0 Å². The van der Waals surface area contributed by atoms with Gasteiger partial charge in [0.15, 0.2) is 0 Å². The summed E-state index contributed by atoms with van der Waals surface area (Å²) < 4.78 is 0. The van der Waals surface area contributed by atoms with Crippen molar-refractivity contribution in [2.45, 2.75) is 32.7 Å². The maximum Gasteiger partial charge on any atom is 0.0230 e. The molecule has 20 heavy (non-hydrogen) atoms. The SMILES string of the molecule is CC(C)c1ccc(CN(C)CCc2ccccc2)cc1. The van der Waals surface area contributed by atoms with Gasteiger partial charge >= 0.3 is 0 Å². The fourth-order valence-electron chi connectivity index (χ4n) is 2.36. The zero-order chi connectivity index (χ0) is 14.4. The van der Waals surface area contributed by atoms with E-state index in [1.807, 2.05) is 0 Å². The molecule has 1 heteroatoms. The Kier molecular flexibility index (Phi) is 5.37. The fraction of sp³-hybridized carbons (Fsp3) is 0.368. The fourth-order valence-corrected chi connectivity index (χ4v) is 2.36. The second-order valence-corrected chi connectivity index (χ2v) is 5.87. The van der Waals surface area contributed by atoms with Crippen molar-refractivity contribution >= 4 is 0 Å². The van der Waals surface area contributed by atoms with E-state index in [9.17, 15) is 0 Å². The minimum absolute atomic E-state index is 0.611. The van der Waals surface area contributed by atoms with Gasteiger partial charge in [-0.25, -0.2) is 0 Å². The molecule has 2 rings (SSSR count). The highest BCUT2D eigenvalue weighted by atomic mass is 15.1. The molecule has 106 valence electrons. The Morgan fingerprint density at radius 3 is 2.10 bits per heavy atom. The van der Waals surface area contributed by atoms with Crippen LogP contribution in [-0.4, -0.2) is 18.5 Å². The molecule has 2 aromatic rings. The molecule has 0 saturated heterocycles. The Morgan fingerprint density at radius 1 is 0.850 bits per heavy atom. The molecule has 0 atom stereocenters. The third-order valence-electron chi connectivity index (χ3n) is 3.72. The van der Waals surface area contributed by atoms with E-state index in [4.69, 9.17) is 0 Å². The van der Waals surface area contributed by atoms with Crippen molar-refractivity contribution in [2.24, 2.45) is 0 Å². The highest BCUT2D eigenvalue weighted by Crippen LogP contribution is 2.15. The third-order valence-corrected chi connectivity index (χ3v) is 3.72. The summed E-state index contributed by atoms with van der Waals surface area (Å²) in [7, 11) is 2.19. The number of likely N-dealkylation sites (N-methyl/N-ethyl adjacent to an activating group) is 1. The van der Waals surface area contributed by atoms with Crippen molar-refractivity contribution in [2.75, 3.05) is 13.6 Å². The molecule has 0 unspecified atom stereocenters. The molecule has 0 amide bonds. The van der Waals surface area contributed by atoms with Crippen LogP contribution in [0.2, 0.25) is 0 Å². The van der Waals surface area contributed by atoms with Gasteiger partial charge in [0.05, 0.1) is 0 Å². The van der Waals surface area contributed by atoms with Crippen LogP contribution >= 0.6 is 0 Å². The minimum Gasteiger partial charge on any atom is -0.302 e. The molecule has 0 radical (unpaired) electrons. The molecule has 0 aliphatic rings. The maximum absolute atomic E-state index is 2.39. The summed E-state index contributed by atoms with van der Waals surface area (Å²) in [5.41, 5.74) is 4.22.